The molecule has 1 amide bonds. The van der Waals surface area contributed by atoms with Crippen LogP contribution in [0.25, 0.3) is 0 Å². The van der Waals surface area contributed by atoms with Gasteiger partial charge in [0.15, 0.2) is 0 Å². The monoisotopic (exact) mass is 183 g/mol. The molecule has 1 N–H and O–H groups in total. The van der Waals surface area contributed by atoms with Crippen LogP contribution in [0.2, 0.25) is 0 Å². The lowest BCUT2D eigenvalue weighted by Gasteiger charge is -2.08. The zero-order valence-electron chi connectivity index (χ0n) is 7.92. The topological polar surface area (TPSA) is 38.3 Å². The Morgan fingerprint density at radius 1 is 1.62 bits per heavy atom. The Morgan fingerprint density at radius 2 is 2.31 bits per heavy atom. The fraction of sp³-hybridized carbons (Fsp3) is 0.500. The largest absolute Gasteiger partial charge is 0.376 e. The highest BCUT2D eigenvalue weighted by Gasteiger charge is 2.14. The third kappa shape index (κ3) is 5.20. The highest BCUT2D eigenvalue weighted by molar-refractivity contribution is 5.86. The first-order chi connectivity index (χ1) is 6.33. The molecule has 0 aromatic heterocycles. The van der Waals surface area contributed by atoms with Gasteiger partial charge in [0, 0.05) is 13.2 Å². The normalized spacial score (nSPS) is 19.8. The molecule has 3 nitrogen and oxygen atoms in total. The molecule has 0 aliphatic carbocycles. The predicted molar refractivity (Wildman–Crippen MR) is 53.4 cm³/mol. The average Bonchev–Trinajstić information content (AvgIpc) is 2.70. The summed E-state index contributed by atoms with van der Waals surface area (Å²) in [5.41, 5.74) is 0. The van der Waals surface area contributed by atoms with E-state index in [-0.39, 0.29) is 12.0 Å². The summed E-state index contributed by atoms with van der Waals surface area (Å²) >= 11 is 0. The van der Waals surface area contributed by atoms with Crippen molar-refractivity contribution < 1.29 is 9.53 Å². The Kier molecular flexibility index (Phi) is 6.92. The fourth-order valence-corrected chi connectivity index (χ4v) is 1.09. The molecule has 1 aliphatic heterocycles. The standard InChI is InChI=1S/C8H13NO2.C2H4/c1-2-8(10)9-6-7-4-3-5-11-7;1-2/h2,7H,1,3-6H2,(H,9,10);1-2H2. The lowest BCUT2D eigenvalue weighted by atomic mass is 10.2. The second-order valence-corrected chi connectivity index (χ2v) is 2.58. The van der Waals surface area contributed by atoms with Crippen molar-refractivity contribution in [1.82, 2.24) is 5.32 Å². The number of hydrogen-bond donors (Lipinski definition) is 1. The van der Waals surface area contributed by atoms with E-state index < -0.39 is 0 Å². The van der Waals surface area contributed by atoms with Crippen LogP contribution in [0.1, 0.15) is 12.8 Å². The molecule has 1 atom stereocenters. The highest BCUT2D eigenvalue weighted by Crippen LogP contribution is 2.10. The molecule has 3 heteroatoms. The minimum Gasteiger partial charge on any atom is -0.376 e. The van der Waals surface area contributed by atoms with Gasteiger partial charge in [0.1, 0.15) is 0 Å². The van der Waals surface area contributed by atoms with Gasteiger partial charge < -0.3 is 10.1 Å². The van der Waals surface area contributed by atoms with Crippen molar-refractivity contribution in [3.05, 3.63) is 25.8 Å². The van der Waals surface area contributed by atoms with Crippen LogP contribution >= 0.6 is 0 Å². The molecule has 0 bridgehead atoms. The van der Waals surface area contributed by atoms with Gasteiger partial charge in [0.05, 0.1) is 6.10 Å². The summed E-state index contributed by atoms with van der Waals surface area (Å²) in [6, 6.07) is 0. The molecule has 1 saturated heterocycles. The summed E-state index contributed by atoms with van der Waals surface area (Å²) in [5.74, 6) is -0.125. The van der Waals surface area contributed by atoms with Crippen molar-refractivity contribution in [1.29, 1.82) is 0 Å². The summed E-state index contributed by atoms with van der Waals surface area (Å²) in [5, 5.41) is 2.69. The van der Waals surface area contributed by atoms with E-state index >= 15 is 0 Å². The van der Waals surface area contributed by atoms with Gasteiger partial charge in [-0.25, -0.2) is 0 Å². The van der Waals surface area contributed by atoms with E-state index in [9.17, 15) is 4.79 Å². The minimum atomic E-state index is -0.125. The lowest BCUT2D eigenvalue weighted by molar-refractivity contribution is -0.116. The second-order valence-electron chi connectivity index (χ2n) is 2.58. The highest BCUT2D eigenvalue weighted by atomic mass is 16.5. The smallest absolute Gasteiger partial charge is 0.243 e. The zero-order valence-corrected chi connectivity index (χ0v) is 7.92. The zero-order chi connectivity index (χ0) is 10.1. The Labute approximate surface area is 79.5 Å². The van der Waals surface area contributed by atoms with Crippen molar-refractivity contribution in [2.75, 3.05) is 13.2 Å². The molecule has 1 heterocycles. The summed E-state index contributed by atoms with van der Waals surface area (Å²) in [6.45, 7) is 10.8. The molecular formula is C10H17NO2. The Bertz CT molecular complexity index is 162. The first-order valence-corrected chi connectivity index (χ1v) is 4.35. The third-order valence-corrected chi connectivity index (χ3v) is 1.71. The molecule has 13 heavy (non-hydrogen) atoms. The van der Waals surface area contributed by atoms with E-state index in [4.69, 9.17) is 4.74 Å². The van der Waals surface area contributed by atoms with Crippen molar-refractivity contribution in [2.24, 2.45) is 0 Å². The number of rotatable bonds is 3. The number of ether oxygens (including phenoxy) is 1. The third-order valence-electron chi connectivity index (χ3n) is 1.71. The molecule has 0 aromatic carbocycles. The van der Waals surface area contributed by atoms with Crippen LogP contribution < -0.4 is 5.32 Å². The van der Waals surface area contributed by atoms with Crippen LogP contribution in [-0.2, 0) is 9.53 Å². The predicted octanol–water partition coefficient (Wildman–Crippen LogP) is 1.27. The van der Waals surface area contributed by atoms with Crippen molar-refractivity contribution in [2.45, 2.75) is 18.9 Å². The molecule has 0 radical (unpaired) electrons. The fourth-order valence-electron chi connectivity index (χ4n) is 1.09. The molecule has 1 fully saturated rings. The quantitative estimate of drug-likeness (QED) is 0.528. The van der Waals surface area contributed by atoms with Crippen LogP contribution in [0, 0.1) is 0 Å². The number of amides is 1. The summed E-state index contributed by atoms with van der Waals surface area (Å²) in [6.07, 6.45) is 3.65. The van der Waals surface area contributed by atoms with Gasteiger partial charge in [0.25, 0.3) is 0 Å². The number of carbonyl (C=O) groups excluding carboxylic acids is 1. The van der Waals surface area contributed by atoms with Crippen LogP contribution in [0.15, 0.2) is 25.8 Å². The maximum atomic E-state index is 10.7. The summed E-state index contributed by atoms with van der Waals surface area (Å²) in [7, 11) is 0. The van der Waals surface area contributed by atoms with Crippen molar-refractivity contribution in [3.63, 3.8) is 0 Å². The molecule has 0 saturated carbocycles. The molecule has 1 rings (SSSR count). The maximum absolute atomic E-state index is 10.7. The van der Waals surface area contributed by atoms with Gasteiger partial charge in [-0.15, -0.1) is 13.2 Å². The van der Waals surface area contributed by atoms with Crippen LogP contribution in [-0.4, -0.2) is 25.2 Å². The van der Waals surface area contributed by atoms with Gasteiger partial charge in [-0.1, -0.05) is 6.58 Å². The molecule has 1 unspecified atom stereocenters. The molecule has 74 valence electrons. The van der Waals surface area contributed by atoms with Crippen LogP contribution in [0.5, 0.6) is 0 Å². The molecule has 1 aliphatic rings. The average molecular weight is 183 g/mol. The van der Waals surface area contributed by atoms with E-state index in [1.54, 1.807) is 0 Å². The first-order valence-electron chi connectivity index (χ1n) is 4.35. The van der Waals surface area contributed by atoms with E-state index in [1.165, 1.54) is 6.08 Å². The molecule has 0 aromatic rings. The van der Waals surface area contributed by atoms with Crippen molar-refractivity contribution in [3.8, 4) is 0 Å². The SMILES string of the molecule is C=C.C=CC(=O)NCC1CCCO1. The van der Waals surface area contributed by atoms with Crippen molar-refractivity contribution >= 4 is 5.91 Å². The Morgan fingerprint density at radius 3 is 2.77 bits per heavy atom. The maximum Gasteiger partial charge on any atom is 0.243 e. The second kappa shape index (κ2) is 7.55. The molecule has 0 spiro atoms. The van der Waals surface area contributed by atoms with Crippen LogP contribution in [0.3, 0.4) is 0 Å². The lowest BCUT2D eigenvalue weighted by Crippen LogP contribution is -2.30. The summed E-state index contributed by atoms with van der Waals surface area (Å²) < 4.78 is 5.30. The van der Waals surface area contributed by atoms with E-state index in [0.29, 0.717) is 6.54 Å². The van der Waals surface area contributed by atoms with Gasteiger partial charge in [-0.3, -0.25) is 4.79 Å². The first kappa shape index (κ1) is 11.9. The molecular weight excluding hydrogens is 166 g/mol. The number of carbonyl (C=O) groups is 1. The van der Waals surface area contributed by atoms with Crippen LogP contribution in [0.4, 0.5) is 0 Å². The number of hydrogen-bond acceptors (Lipinski definition) is 2. The van der Waals surface area contributed by atoms with Gasteiger partial charge in [-0.2, -0.15) is 0 Å². The Hall–Kier alpha value is -1.09. The number of nitrogens with one attached hydrogen (secondary N) is 1. The van der Waals surface area contributed by atoms with E-state index in [1.807, 2.05) is 0 Å². The Balaban J connectivity index is 0.000000671. The van der Waals surface area contributed by atoms with E-state index in [2.05, 4.69) is 25.1 Å². The van der Waals surface area contributed by atoms with E-state index in [0.717, 1.165) is 19.4 Å². The van der Waals surface area contributed by atoms with Gasteiger partial charge in [-0.05, 0) is 18.9 Å². The minimum absolute atomic E-state index is 0.125. The summed E-state index contributed by atoms with van der Waals surface area (Å²) in [4.78, 5) is 10.7. The van der Waals surface area contributed by atoms with Gasteiger partial charge in [0.2, 0.25) is 5.91 Å². The van der Waals surface area contributed by atoms with Gasteiger partial charge >= 0.3 is 0 Å².